The fourth-order valence-corrected chi connectivity index (χ4v) is 5.15. The van der Waals surface area contributed by atoms with Gasteiger partial charge in [0.2, 0.25) is 0 Å². The molecule has 34 heavy (non-hydrogen) atoms. The normalized spacial score (nSPS) is 11.4. The smallest absolute Gasteiger partial charge is 0.265 e. The lowest BCUT2D eigenvalue weighted by Crippen LogP contribution is -2.34. The summed E-state index contributed by atoms with van der Waals surface area (Å²) in [4.78, 5) is 22.5. The number of fused-ring (bicyclic) bond motifs is 1. The summed E-state index contributed by atoms with van der Waals surface area (Å²) in [5.41, 5.74) is 2.01. The van der Waals surface area contributed by atoms with E-state index in [2.05, 4.69) is 10.1 Å². The van der Waals surface area contributed by atoms with Crippen LogP contribution in [0.1, 0.15) is 22.5 Å². The van der Waals surface area contributed by atoms with Crippen LogP contribution in [-0.4, -0.2) is 55.2 Å². The molecule has 0 unspecified atom stereocenters. The molecule has 4 aromatic rings. The molecule has 0 saturated heterocycles. The van der Waals surface area contributed by atoms with Crippen LogP contribution in [0, 0.1) is 6.92 Å². The number of halogens is 2. The molecule has 0 aliphatic heterocycles. The number of anilines is 1. The van der Waals surface area contributed by atoms with E-state index >= 15 is 0 Å². The molecule has 10 heteroatoms. The SMILES string of the molecule is COc1ccc(Cl)c2sc(N(CCCN(C)C)C(=O)c3c(-c4ccccc4Cl)noc3C)nc12. The number of amides is 1. The number of aromatic nitrogens is 2. The van der Waals surface area contributed by atoms with Gasteiger partial charge in [-0.25, -0.2) is 4.98 Å². The zero-order valence-corrected chi connectivity index (χ0v) is 21.6. The molecule has 4 rings (SSSR count). The third kappa shape index (κ3) is 4.77. The monoisotopic (exact) mass is 518 g/mol. The Balaban J connectivity index is 1.81. The first-order chi connectivity index (χ1) is 16.3. The van der Waals surface area contributed by atoms with Gasteiger partial charge >= 0.3 is 0 Å². The van der Waals surface area contributed by atoms with Gasteiger partial charge in [-0.3, -0.25) is 9.69 Å². The Morgan fingerprint density at radius 3 is 2.59 bits per heavy atom. The number of ether oxygens (including phenoxy) is 1. The Hall–Kier alpha value is -2.65. The number of methoxy groups -OCH3 is 1. The molecular weight excluding hydrogens is 495 g/mol. The highest BCUT2D eigenvalue weighted by molar-refractivity contribution is 7.23. The van der Waals surface area contributed by atoms with Crippen molar-refractivity contribution in [3.63, 3.8) is 0 Å². The van der Waals surface area contributed by atoms with Gasteiger partial charge in [0.25, 0.3) is 5.91 Å². The average molecular weight is 519 g/mol. The molecule has 0 aliphatic rings. The predicted octanol–water partition coefficient (Wildman–Crippen LogP) is 6.17. The van der Waals surface area contributed by atoms with Gasteiger partial charge < -0.3 is 14.2 Å². The number of hydrogen-bond acceptors (Lipinski definition) is 7. The highest BCUT2D eigenvalue weighted by atomic mass is 35.5. The van der Waals surface area contributed by atoms with Gasteiger partial charge in [-0.1, -0.05) is 57.9 Å². The molecule has 0 bridgehead atoms. The molecule has 0 fully saturated rings. The third-order valence-corrected chi connectivity index (χ3v) is 7.20. The first-order valence-corrected chi connectivity index (χ1v) is 12.2. The van der Waals surface area contributed by atoms with Crippen LogP contribution in [0.15, 0.2) is 40.9 Å². The second-order valence-corrected chi connectivity index (χ2v) is 9.77. The maximum atomic E-state index is 14.0. The molecule has 0 N–H and O–H groups in total. The van der Waals surface area contributed by atoms with Crippen LogP contribution in [0.2, 0.25) is 10.0 Å². The zero-order chi connectivity index (χ0) is 24.4. The quantitative estimate of drug-likeness (QED) is 0.277. The minimum absolute atomic E-state index is 0.262. The standard InChI is InChI=1S/C24H24Cl2N4O3S/c1-14-19(20(28-33-14)15-8-5-6-9-16(15)25)23(31)30(13-7-12-29(2)3)24-27-21-18(32-4)11-10-17(26)22(21)34-24/h5-6,8-11H,7,12-13H2,1-4H3. The highest BCUT2D eigenvalue weighted by Gasteiger charge is 2.30. The first-order valence-electron chi connectivity index (χ1n) is 10.6. The number of aryl methyl sites for hydroxylation is 1. The second kappa shape index (κ2) is 10.3. The molecule has 1 amide bonds. The maximum Gasteiger partial charge on any atom is 0.265 e. The van der Waals surface area contributed by atoms with Gasteiger partial charge in [0, 0.05) is 12.1 Å². The number of benzene rings is 2. The Morgan fingerprint density at radius 1 is 1.12 bits per heavy atom. The zero-order valence-electron chi connectivity index (χ0n) is 19.3. The van der Waals surface area contributed by atoms with E-state index in [-0.39, 0.29) is 5.91 Å². The predicted molar refractivity (Wildman–Crippen MR) is 138 cm³/mol. The Bertz CT molecular complexity index is 1340. The van der Waals surface area contributed by atoms with Crippen molar-refractivity contribution in [2.24, 2.45) is 0 Å². The van der Waals surface area contributed by atoms with Crippen molar-refractivity contribution in [1.82, 2.24) is 15.0 Å². The molecular formula is C24H24Cl2N4O3S. The van der Waals surface area contributed by atoms with E-state index in [1.807, 2.05) is 32.3 Å². The first kappa shape index (κ1) is 24.5. The molecule has 178 valence electrons. The van der Waals surface area contributed by atoms with Crippen molar-refractivity contribution in [3.05, 3.63) is 57.8 Å². The van der Waals surface area contributed by atoms with E-state index < -0.39 is 0 Å². The lowest BCUT2D eigenvalue weighted by Gasteiger charge is -2.21. The van der Waals surface area contributed by atoms with Crippen LogP contribution in [0.25, 0.3) is 21.5 Å². The van der Waals surface area contributed by atoms with Crippen LogP contribution < -0.4 is 9.64 Å². The minimum atomic E-state index is -0.262. The summed E-state index contributed by atoms with van der Waals surface area (Å²) >= 11 is 14.2. The van der Waals surface area contributed by atoms with E-state index in [0.29, 0.717) is 55.6 Å². The average Bonchev–Trinajstić information content (AvgIpc) is 3.41. The minimum Gasteiger partial charge on any atom is -0.494 e. The fraction of sp³-hybridized carbons (Fsp3) is 0.292. The van der Waals surface area contributed by atoms with E-state index in [1.165, 1.54) is 11.3 Å². The molecule has 0 atom stereocenters. The van der Waals surface area contributed by atoms with Gasteiger partial charge in [-0.15, -0.1) is 0 Å². The molecule has 0 saturated carbocycles. The summed E-state index contributed by atoms with van der Waals surface area (Å²) in [6.45, 7) is 2.97. The van der Waals surface area contributed by atoms with E-state index in [0.717, 1.165) is 17.7 Å². The molecule has 2 aromatic carbocycles. The second-order valence-electron chi connectivity index (χ2n) is 7.98. The summed E-state index contributed by atoms with van der Waals surface area (Å²) in [7, 11) is 5.57. The molecule has 0 radical (unpaired) electrons. The van der Waals surface area contributed by atoms with Crippen LogP contribution in [0.3, 0.4) is 0 Å². The molecule has 0 aliphatic carbocycles. The largest absolute Gasteiger partial charge is 0.494 e. The molecule has 2 aromatic heterocycles. The van der Waals surface area contributed by atoms with E-state index in [9.17, 15) is 4.79 Å². The van der Waals surface area contributed by atoms with Crippen molar-refractivity contribution in [1.29, 1.82) is 0 Å². The van der Waals surface area contributed by atoms with Crippen LogP contribution in [0.4, 0.5) is 5.13 Å². The van der Waals surface area contributed by atoms with Gasteiger partial charge in [-0.05, 0) is 52.2 Å². The lowest BCUT2D eigenvalue weighted by atomic mass is 10.1. The van der Waals surface area contributed by atoms with Crippen molar-refractivity contribution < 1.29 is 14.1 Å². The number of carbonyl (C=O) groups excluding carboxylic acids is 1. The van der Waals surface area contributed by atoms with Crippen molar-refractivity contribution >= 4 is 55.8 Å². The van der Waals surface area contributed by atoms with Gasteiger partial charge in [0.1, 0.15) is 28.3 Å². The number of hydrogen-bond donors (Lipinski definition) is 0. The number of carbonyl (C=O) groups is 1. The van der Waals surface area contributed by atoms with Crippen molar-refractivity contribution in [2.75, 3.05) is 39.2 Å². The molecule has 0 spiro atoms. The summed E-state index contributed by atoms with van der Waals surface area (Å²) in [6, 6.07) is 10.8. The van der Waals surface area contributed by atoms with Gasteiger partial charge in [-0.2, -0.15) is 0 Å². The summed E-state index contributed by atoms with van der Waals surface area (Å²) in [5.74, 6) is 0.747. The Kier molecular flexibility index (Phi) is 7.42. The third-order valence-electron chi connectivity index (χ3n) is 5.34. The number of nitrogens with zero attached hydrogens (tertiary/aromatic N) is 4. The van der Waals surface area contributed by atoms with Crippen molar-refractivity contribution in [3.8, 4) is 17.0 Å². The highest BCUT2D eigenvalue weighted by Crippen LogP contribution is 2.40. The molecule has 7 nitrogen and oxygen atoms in total. The van der Waals surface area contributed by atoms with Crippen LogP contribution in [-0.2, 0) is 0 Å². The van der Waals surface area contributed by atoms with E-state index in [4.69, 9.17) is 37.4 Å². The number of thiazole rings is 1. The van der Waals surface area contributed by atoms with Crippen LogP contribution >= 0.6 is 34.5 Å². The Labute approximate surface area is 211 Å². The fourth-order valence-electron chi connectivity index (χ4n) is 3.65. The van der Waals surface area contributed by atoms with Gasteiger partial charge in [0.15, 0.2) is 5.13 Å². The van der Waals surface area contributed by atoms with Gasteiger partial charge in [0.05, 0.1) is 21.9 Å². The summed E-state index contributed by atoms with van der Waals surface area (Å²) in [6.07, 6.45) is 0.741. The van der Waals surface area contributed by atoms with Crippen molar-refractivity contribution in [2.45, 2.75) is 13.3 Å². The topological polar surface area (TPSA) is 71.7 Å². The van der Waals surface area contributed by atoms with Crippen LogP contribution in [0.5, 0.6) is 5.75 Å². The molecule has 2 heterocycles. The lowest BCUT2D eigenvalue weighted by molar-refractivity contribution is 0.0985. The maximum absolute atomic E-state index is 14.0. The summed E-state index contributed by atoms with van der Waals surface area (Å²) in [5, 5.41) is 5.73. The number of rotatable bonds is 8. The Morgan fingerprint density at radius 2 is 1.88 bits per heavy atom. The summed E-state index contributed by atoms with van der Waals surface area (Å²) < 4.78 is 11.7. The van der Waals surface area contributed by atoms with E-state index in [1.54, 1.807) is 37.1 Å².